The lowest BCUT2D eigenvalue weighted by atomic mass is 10.3. The van der Waals surface area contributed by atoms with Crippen LogP contribution < -0.4 is 4.90 Å². The zero-order valence-electron chi connectivity index (χ0n) is 3.14. The van der Waals surface area contributed by atoms with Crippen LogP contribution in [-0.4, -0.2) is 13.8 Å². The predicted octanol–water partition coefficient (Wildman–Crippen LogP) is -1.91. The average Bonchev–Trinajstić information content (AvgIpc) is 1.72. The van der Waals surface area contributed by atoms with E-state index in [-0.39, 0.29) is 0 Å². The third-order valence-electron chi connectivity index (χ3n) is 0.440. The van der Waals surface area contributed by atoms with Crippen molar-refractivity contribution in [2.45, 2.75) is 0 Å². The Morgan fingerprint density at radius 1 is 1.83 bits per heavy atom. The van der Waals surface area contributed by atoms with Crippen molar-refractivity contribution >= 4 is 13.8 Å². The van der Waals surface area contributed by atoms with Gasteiger partial charge in [0.15, 0.2) is 0 Å². The molecule has 0 amide bonds. The second-order valence-electron chi connectivity index (χ2n) is 0.845. The zero-order chi connectivity index (χ0) is 4.24. The average molecular weight is 79.9 g/mol. The second kappa shape index (κ2) is 1.65. The van der Waals surface area contributed by atoms with Gasteiger partial charge in [-0.05, 0) is 0 Å². The molecule has 0 aromatic rings. The third kappa shape index (κ3) is 0.609. The lowest BCUT2D eigenvalue weighted by Gasteiger charge is -1.94. The van der Waals surface area contributed by atoms with Crippen LogP contribution >= 0.6 is 0 Å². The Morgan fingerprint density at radius 2 is 2.83 bits per heavy atom. The molecule has 1 rings (SSSR count). The maximum Gasteiger partial charge on any atom is 0.784 e. The summed E-state index contributed by atoms with van der Waals surface area (Å²) in [7, 11) is 1.44. The summed E-state index contributed by atoms with van der Waals surface area (Å²) in [5.41, 5.74) is 0. The molecule has 1 heterocycles. The topological polar surface area (TPSA) is 23.2 Å². The van der Waals surface area contributed by atoms with E-state index in [1.165, 1.54) is 13.9 Å². The fraction of sp³-hybridized carbons (Fsp3) is 0. The van der Waals surface area contributed by atoms with Crippen LogP contribution in [0.25, 0.3) is 0 Å². The van der Waals surface area contributed by atoms with Gasteiger partial charge < -0.3 is 9.56 Å². The van der Waals surface area contributed by atoms with Crippen molar-refractivity contribution < 1.29 is 9.56 Å². The molecular formula is C3H3BNO. The van der Waals surface area contributed by atoms with Crippen LogP contribution in [0.4, 0.5) is 0 Å². The third-order valence-corrected chi connectivity index (χ3v) is 0.440. The Hall–Kier alpha value is -0.725. The van der Waals surface area contributed by atoms with Gasteiger partial charge in [-0.3, -0.25) is 0 Å². The van der Waals surface area contributed by atoms with Crippen molar-refractivity contribution in [3.63, 3.8) is 0 Å². The van der Waals surface area contributed by atoms with Gasteiger partial charge in [0.05, 0.1) is 0 Å². The Labute approximate surface area is 36.8 Å². The molecule has 0 bridgehead atoms. The molecule has 0 aliphatic carbocycles. The van der Waals surface area contributed by atoms with E-state index < -0.39 is 0 Å². The summed E-state index contributed by atoms with van der Waals surface area (Å²) in [5.74, 6) is 0. The lowest BCUT2D eigenvalue weighted by Crippen LogP contribution is -2.73. The van der Waals surface area contributed by atoms with E-state index in [0.717, 1.165) is 0 Å². The van der Waals surface area contributed by atoms with Crippen LogP contribution in [0.2, 0.25) is 0 Å². The van der Waals surface area contributed by atoms with E-state index in [9.17, 15) is 0 Å². The van der Waals surface area contributed by atoms with Crippen molar-refractivity contribution in [1.29, 1.82) is 0 Å². The van der Waals surface area contributed by atoms with E-state index in [1.807, 2.05) is 0 Å². The van der Waals surface area contributed by atoms with Crippen LogP contribution in [0.3, 0.4) is 0 Å². The Balaban J connectivity index is 2.46. The van der Waals surface area contributed by atoms with Gasteiger partial charge in [-0.2, -0.15) is 0 Å². The molecule has 1 radical (unpaired) electrons. The molecule has 29 valence electrons. The predicted molar refractivity (Wildman–Crippen MR) is 21.9 cm³/mol. The Morgan fingerprint density at radius 3 is 3.00 bits per heavy atom. The monoisotopic (exact) mass is 80.0 g/mol. The number of allylic oxidation sites excluding steroid dienone is 1. The van der Waals surface area contributed by atoms with E-state index in [4.69, 9.17) is 0 Å². The smallest absolute Gasteiger partial charge is 0.599 e. The first-order valence-corrected chi connectivity index (χ1v) is 1.63. The highest BCUT2D eigenvalue weighted by Gasteiger charge is 1.90. The van der Waals surface area contributed by atoms with Crippen LogP contribution in [0.15, 0.2) is 12.3 Å². The van der Waals surface area contributed by atoms with Gasteiger partial charge in [-0.25, -0.2) is 0 Å². The largest absolute Gasteiger partial charge is 0.784 e. The van der Waals surface area contributed by atoms with Crippen LogP contribution in [0, 0.1) is 0 Å². The highest BCUT2D eigenvalue weighted by atomic mass is 16.4. The van der Waals surface area contributed by atoms with E-state index in [2.05, 4.69) is 15.8 Å². The first-order valence-electron chi connectivity index (χ1n) is 1.63. The van der Waals surface area contributed by atoms with Gasteiger partial charge in [0.1, 0.15) is 0 Å². The molecule has 0 atom stereocenters. The van der Waals surface area contributed by atoms with Crippen molar-refractivity contribution in [3.8, 4) is 0 Å². The number of hydrogen-bond acceptors (Lipinski definition) is 1. The van der Waals surface area contributed by atoms with Gasteiger partial charge >= 0.3 is 7.62 Å². The van der Waals surface area contributed by atoms with Crippen LogP contribution in [0.5, 0.6) is 0 Å². The van der Waals surface area contributed by atoms with E-state index >= 15 is 0 Å². The SMILES string of the molecule is [B]1[NH+]=[C-]C=CO1. The van der Waals surface area contributed by atoms with E-state index in [0.29, 0.717) is 0 Å². The summed E-state index contributed by atoms with van der Waals surface area (Å²) in [6, 6.07) is 0. The first-order chi connectivity index (χ1) is 3.00. The molecule has 0 aromatic heterocycles. The maximum absolute atomic E-state index is 4.59. The quantitative estimate of drug-likeness (QED) is 0.266. The molecule has 6 heavy (non-hydrogen) atoms. The van der Waals surface area contributed by atoms with Gasteiger partial charge in [0, 0.05) is 6.21 Å². The minimum Gasteiger partial charge on any atom is -0.599 e. The Kier molecular flexibility index (Phi) is 0.951. The van der Waals surface area contributed by atoms with E-state index in [1.54, 1.807) is 6.08 Å². The van der Waals surface area contributed by atoms with Gasteiger partial charge in [0.25, 0.3) is 0 Å². The summed E-state index contributed by atoms with van der Waals surface area (Å²) >= 11 is 0. The number of nitrogens with one attached hydrogen (secondary N) is 1. The highest BCUT2D eigenvalue weighted by molar-refractivity contribution is 6.16. The molecule has 0 saturated heterocycles. The molecule has 1 aliphatic rings. The molecule has 1 aliphatic heterocycles. The van der Waals surface area contributed by atoms with Crippen LogP contribution in [0.1, 0.15) is 0 Å². The van der Waals surface area contributed by atoms with Crippen molar-refractivity contribution in [3.05, 3.63) is 12.3 Å². The minimum atomic E-state index is 1.44. The summed E-state index contributed by atoms with van der Waals surface area (Å²) in [6.07, 6.45) is 5.86. The fourth-order valence-electron chi connectivity index (χ4n) is 0.229. The number of rotatable bonds is 0. The van der Waals surface area contributed by atoms with Crippen LogP contribution in [-0.2, 0) is 4.65 Å². The summed E-state index contributed by atoms with van der Waals surface area (Å²) < 4.78 is 4.59. The molecule has 1 N–H and O–H groups in total. The van der Waals surface area contributed by atoms with Crippen molar-refractivity contribution in [2.24, 2.45) is 0 Å². The fourth-order valence-corrected chi connectivity index (χ4v) is 0.229. The molecule has 0 aromatic carbocycles. The summed E-state index contributed by atoms with van der Waals surface area (Å²) in [6.45, 7) is 0. The summed E-state index contributed by atoms with van der Waals surface area (Å²) in [4.78, 5) is 2.60. The lowest BCUT2D eigenvalue weighted by molar-refractivity contribution is -0.296. The Bertz CT molecular complexity index is 76.8. The molecule has 2 nitrogen and oxygen atoms in total. The molecule has 0 fully saturated rings. The molecule has 0 unspecified atom stereocenters. The zero-order valence-corrected chi connectivity index (χ0v) is 3.14. The highest BCUT2D eigenvalue weighted by Crippen LogP contribution is 1.66. The molecule has 0 saturated carbocycles. The number of hydrogen-bond donors (Lipinski definition) is 1. The standard InChI is InChI=1S/C3H3BNO/c1-2-5-4-6-3-1/h1,3,5H. The molecule has 3 heteroatoms. The molecule has 0 spiro atoms. The van der Waals surface area contributed by atoms with Gasteiger partial charge in [-0.15, -0.1) is 6.08 Å². The second-order valence-corrected chi connectivity index (χ2v) is 0.845. The van der Waals surface area contributed by atoms with Crippen molar-refractivity contribution in [1.82, 2.24) is 0 Å². The maximum atomic E-state index is 4.59. The van der Waals surface area contributed by atoms with Gasteiger partial charge in [-0.1, -0.05) is 6.26 Å². The summed E-state index contributed by atoms with van der Waals surface area (Å²) in [5, 5.41) is 0. The van der Waals surface area contributed by atoms with Gasteiger partial charge in [0.2, 0.25) is 0 Å². The first kappa shape index (κ1) is 3.46. The minimum absolute atomic E-state index is 1.44. The normalized spacial score (nSPS) is 16.0. The molecular weight excluding hydrogens is 76.9 g/mol. The van der Waals surface area contributed by atoms with Crippen molar-refractivity contribution in [2.75, 3.05) is 0 Å².